The molecule has 0 spiro atoms. The van der Waals surface area contributed by atoms with E-state index >= 15 is 0 Å². The average molecular weight is 327 g/mol. The first-order valence-electron chi connectivity index (χ1n) is 8.64. The number of aliphatic hydroxyl groups excluding tert-OH is 1. The van der Waals surface area contributed by atoms with Gasteiger partial charge in [-0.15, -0.1) is 0 Å². The van der Waals surface area contributed by atoms with E-state index in [0.29, 0.717) is 13.0 Å². The number of hydrogen-bond acceptors (Lipinski definition) is 3. The molecule has 0 saturated carbocycles. The van der Waals surface area contributed by atoms with Crippen LogP contribution >= 0.6 is 0 Å². The molecule has 0 radical (unpaired) electrons. The van der Waals surface area contributed by atoms with Crippen LogP contribution in [0.25, 0.3) is 0 Å². The number of benzene rings is 2. The lowest BCUT2D eigenvalue weighted by atomic mass is 10.1. The Morgan fingerprint density at radius 3 is 1.83 bits per heavy atom. The van der Waals surface area contributed by atoms with Crippen molar-refractivity contribution in [1.29, 1.82) is 0 Å². The second-order valence-electron chi connectivity index (χ2n) is 6.76. The molecule has 2 rings (SSSR count). The molecule has 0 unspecified atom stereocenters. The predicted molar refractivity (Wildman–Crippen MR) is 98.7 cm³/mol. The van der Waals surface area contributed by atoms with Crippen LogP contribution in [0.4, 0.5) is 0 Å². The summed E-state index contributed by atoms with van der Waals surface area (Å²) in [6, 6.07) is 21.1. The SMILES string of the molecule is CC(C)(CCO)OCCN(Cc1ccccc1)Cc1ccccc1. The van der Waals surface area contributed by atoms with Crippen molar-refractivity contribution in [2.24, 2.45) is 0 Å². The normalized spacial score (nSPS) is 11.8. The van der Waals surface area contributed by atoms with Gasteiger partial charge in [-0.25, -0.2) is 0 Å². The molecule has 0 amide bonds. The number of nitrogens with zero attached hydrogens (tertiary/aromatic N) is 1. The maximum Gasteiger partial charge on any atom is 0.0649 e. The monoisotopic (exact) mass is 327 g/mol. The molecule has 24 heavy (non-hydrogen) atoms. The molecule has 2 aromatic carbocycles. The molecule has 0 saturated heterocycles. The minimum absolute atomic E-state index is 0.157. The molecule has 0 aromatic heterocycles. The van der Waals surface area contributed by atoms with Crippen molar-refractivity contribution < 1.29 is 9.84 Å². The first-order valence-corrected chi connectivity index (χ1v) is 8.64. The molecule has 0 aliphatic rings. The first-order chi connectivity index (χ1) is 11.6. The summed E-state index contributed by atoms with van der Waals surface area (Å²) in [5.41, 5.74) is 2.34. The summed E-state index contributed by atoms with van der Waals surface area (Å²) >= 11 is 0. The quantitative estimate of drug-likeness (QED) is 0.719. The zero-order valence-corrected chi connectivity index (χ0v) is 14.8. The molecule has 0 bridgehead atoms. The maximum atomic E-state index is 9.11. The fraction of sp³-hybridized carbons (Fsp3) is 0.429. The number of ether oxygens (including phenoxy) is 1. The van der Waals surface area contributed by atoms with Crippen molar-refractivity contribution in [3.05, 3.63) is 71.8 Å². The van der Waals surface area contributed by atoms with E-state index in [1.54, 1.807) is 0 Å². The molecule has 3 nitrogen and oxygen atoms in total. The molecule has 1 N–H and O–H groups in total. The van der Waals surface area contributed by atoms with Crippen LogP contribution in [0, 0.1) is 0 Å². The lowest BCUT2D eigenvalue weighted by molar-refractivity contribution is -0.0413. The van der Waals surface area contributed by atoms with Crippen molar-refractivity contribution in [3.63, 3.8) is 0 Å². The van der Waals surface area contributed by atoms with Gasteiger partial charge >= 0.3 is 0 Å². The standard InChI is InChI=1S/C21H29NO2/c1-21(2,13-15-23)24-16-14-22(17-19-9-5-3-6-10-19)18-20-11-7-4-8-12-20/h3-12,23H,13-18H2,1-2H3. The van der Waals surface area contributed by atoms with Crippen molar-refractivity contribution in [3.8, 4) is 0 Å². The minimum Gasteiger partial charge on any atom is -0.396 e. The Bertz CT molecular complexity index is 527. The fourth-order valence-corrected chi connectivity index (χ4v) is 2.69. The van der Waals surface area contributed by atoms with Gasteiger partial charge in [0.25, 0.3) is 0 Å². The van der Waals surface area contributed by atoms with Gasteiger partial charge in [0, 0.05) is 26.2 Å². The summed E-state index contributed by atoms with van der Waals surface area (Å²) in [5.74, 6) is 0. The van der Waals surface area contributed by atoms with Crippen LogP contribution in [0.1, 0.15) is 31.4 Å². The van der Waals surface area contributed by atoms with Crippen LogP contribution < -0.4 is 0 Å². The van der Waals surface area contributed by atoms with Gasteiger partial charge < -0.3 is 9.84 Å². The second kappa shape index (κ2) is 9.58. The van der Waals surface area contributed by atoms with Crippen molar-refractivity contribution >= 4 is 0 Å². The Balaban J connectivity index is 1.94. The van der Waals surface area contributed by atoms with E-state index < -0.39 is 0 Å². The molecule has 130 valence electrons. The maximum absolute atomic E-state index is 9.11. The Morgan fingerprint density at radius 1 is 0.875 bits per heavy atom. The summed E-state index contributed by atoms with van der Waals surface area (Å²) in [7, 11) is 0. The Labute approximate surface area is 145 Å². The highest BCUT2D eigenvalue weighted by Crippen LogP contribution is 2.15. The smallest absolute Gasteiger partial charge is 0.0649 e. The molecule has 0 atom stereocenters. The van der Waals surface area contributed by atoms with E-state index in [9.17, 15) is 0 Å². The van der Waals surface area contributed by atoms with Gasteiger partial charge in [-0.1, -0.05) is 60.7 Å². The summed E-state index contributed by atoms with van der Waals surface area (Å²) in [6.45, 7) is 7.54. The Kier molecular flexibility index (Phi) is 7.44. The lowest BCUT2D eigenvalue weighted by Crippen LogP contribution is -2.32. The molecular formula is C21H29NO2. The van der Waals surface area contributed by atoms with E-state index in [0.717, 1.165) is 19.6 Å². The van der Waals surface area contributed by atoms with E-state index in [2.05, 4.69) is 53.4 Å². The molecule has 0 aliphatic heterocycles. The van der Waals surface area contributed by atoms with E-state index in [4.69, 9.17) is 9.84 Å². The van der Waals surface area contributed by atoms with Gasteiger partial charge in [-0.2, -0.15) is 0 Å². The van der Waals surface area contributed by atoms with Crippen LogP contribution in [0.5, 0.6) is 0 Å². The molecule has 3 heteroatoms. The largest absolute Gasteiger partial charge is 0.396 e. The zero-order chi connectivity index (χ0) is 17.3. The predicted octanol–water partition coefficient (Wildman–Crippen LogP) is 3.87. The zero-order valence-electron chi connectivity index (χ0n) is 14.8. The third kappa shape index (κ3) is 6.83. The molecular weight excluding hydrogens is 298 g/mol. The van der Waals surface area contributed by atoms with Crippen LogP contribution in [0.2, 0.25) is 0 Å². The molecule has 0 aliphatic carbocycles. The van der Waals surface area contributed by atoms with Crippen molar-refractivity contribution in [2.45, 2.75) is 39.0 Å². The third-order valence-corrected chi connectivity index (χ3v) is 4.11. The second-order valence-corrected chi connectivity index (χ2v) is 6.76. The van der Waals surface area contributed by atoms with Crippen LogP contribution in [0.15, 0.2) is 60.7 Å². The van der Waals surface area contributed by atoms with Gasteiger partial charge in [0.15, 0.2) is 0 Å². The highest BCUT2D eigenvalue weighted by molar-refractivity contribution is 5.17. The van der Waals surface area contributed by atoms with Gasteiger partial charge in [0.2, 0.25) is 0 Å². The van der Waals surface area contributed by atoms with Gasteiger partial charge in [-0.3, -0.25) is 4.90 Å². The van der Waals surface area contributed by atoms with Gasteiger partial charge in [0.05, 0.1) is 12.2 Å². The van der Waals surface area contributed by atoms with E-state index in [1.165, 1.54) is 11.1 Å². The van der Waals surface area contributed by atoms with E-state index in [-0.39, 0.29) is 12.2 Å². The highest BCUT2D eigenvalue weighted by Gasteiger charge is 2.18. The van der Waals surface area contributed by atoms with Crippen molar-refractivity contribution in [2.75, 3.05) is 19.8 Å². The lowest BCUT2D eigenvalue weighted by Gasteiger charge is -2.28. The summed E-state index contributed by atoms with van der Waals surface area (Å²) in [6.07, 6.45) is 0.657. The van der Waals surface area contributed by atoms with Crippen LogP contribution in [0.3, 0.4) is 0 Å². The summed E-state index contributed by atoms with van der Waals surface area (Å²) in [4.78, 5) is 2.40. The van der Waals surface area contributed by atoms with Gasteiger partial charge in [0.1, 0.15) is 0 Å². The van der Waals surface area contributed by atoms with Crippen LogP contribution in [-0.4, -0.2) is 35.4 Å². The van der Waals surface area contributed by atoms with Crippen LogP contribution in [-0.2, 0) is 17.8 Å². The Morgan fingerprint density at radius 2 is 1.38 bits per heavy atom. The third-order valence-electron chi connectivity index (χ3n) is 4.11. The average Bonchev–Trinajstić information content (AvgIpc) is 2.56. The fourth-order valence-electron chi connectivity index (χ4n) is 2.69. The summed E-state index contributed by atoms with van der Waals surface area (Å²) in [5, 5.41) is 9.11. The molecule has 0 fully saturated rings. The topological polar surface area (TPSA) is 32.7 Å². The highest BCUT2D eigenvalue weighted by atomic mass is 16.5. The number of rotatable bonds is 10. The Hall–Kier alpha value is -1.68. The van der Waals surface area contributed by atoms with E-state index in [1.807, 2.05) is 26.0 Å². The minimum atomic E-state index is -0.278. The number of hydrogen-bond donors (Lipinski definition) is 1. The van der Waals surface area contributed by atoms with Crippen molar-refractivity contribution in [1.82, 2.24) is 4.90 Å². The molecule has 0 heterocycles. The molecule has 2 aromatic rings. The summed E-state index contributed by atoms with van der Waals surface area (Å²) < 4.78 is 5.97. The first kappa shape index (κ1) is 18.7. The van der Waals surface area contributed by atoms with Gasteiger partial charge in [-0.05, 0) is 31.4 Å². The number of aliphatic hydroxyl groups is 1.